The highest BCUT2D eigenvalue weighted by Gasteiger charge is 2.24. The van der Waals surface area contributed by atoms with Crippen LogP contribution in [0.2, 0.25) is 0 Å². The number of nitrogens with zero attached hydrogens (tertiary/aromatic N) is 1. The van der Waals surface area contributed by atoms with Crippen LogP contribution in [0.5, 0.6) is 0 Å². The van der Waals surface area contributed by atoms with Crippen molar-refractivity contribution < 1.29 is 9.53 Å². The number of pyridine rings is 1. The van der Waals surface area contributed by atoms with Gasteiger partial charge in [0, 0.05) is 5.69 Å². The number of amides is 1. The Hall–Kier alpha value is -1.58. The van der Waals surface area contributed by atoms with Gasteiger partial charge in [-0.1, -0.05) is 6.07 Å². The fourth-order valence-electron chi connectivity index (χ4n) is 1.30. The minimum atomic E-state index is -0.367. The normalized spacial score (nSPS) is 21.0. The van der Waals surface area contributed by atoms with Crippen LogP contribution in [0, 0.1) is 6.92 Å². The Labute approximate surface area is 75.9 Å². The number of hydrogen-bond donors (Lipinski definition) is 1. The first-order valence-corrected chi connectivity index (χ1v) is 4.12. The Morgan fingerprint density at radius 3 is 3.08 bits per heavy atom. The highest BCUT2D eigenvalue weighted by Crippen LogP contribution is 2.15. The number of aryl methyl sites for hydroxylation is 1. The maximum atomic E-state index is 10.8. The summed E-state index contributed by atoms with van der Waals surface area (Å²) in [6.07, 6.45) is -0.367. The Bertz CT molecular complexity index is 338. The van der Waals surface area contributed by atoms with Crippen molar-refractivity contribution in [2.45, 2.75) is 13.0 Å². The average molecular weight is 178 g/mol. The molecule has 1 N–H and O–H groups in total. The molecule has 68 valence electrons. The summed E-state index contributed by atoms with van der Waals surface area (Å²) >= 11 is 0. The quantitative estimate of drug-likeness (QED) is 0.702. The van der Waals surface area contributed by atoms with E-state index in [9.17, 15) is 4.79 Å². The molecule has 0 spiro atoms. The van der Waals surface area contributed by atoms with Gasteiger partial charge in [0.05, 0.1) is 5.69 Å². The van der Waals surface area contributed by atoms with Crippen LogP contribution in [-0.4, -0.2) is 17.7 Å². The number of nitrogens with one attached hydrogen (secondary N) is 1. The third-order valence-corrected chi connectivity index (χ3v) is 1.94. The summed E-state index contributed by atoms with van der Waals surface area (Å²) in [7, 11) is 0. The number of hydrogen-bond acceptors (Lipinski definition) is 3. The topological polar surface area (TPSA) is 51.2 Å². The van der Waals surface area contributed by atoms with E-state index in [1.165, 1.54) is 0 Å². The van der Waals surface area contributed by atoms with Crippen molar-refractivity contribution in [3.8, 4) is 0 Å². The average Bonchev–Trinajstić information content (AvgIpc) is 2.52. The molecule has 2 rings (SSSR count). The summed E-state index contributed by atoms with van der Waals surface area (Å²) < 4.78 is 4.77. The van der Waals surface area contributed by atoms with Crippen molar-refractivity contribution in [3.05, 3.63) is 29.6 Å². The van der Waals surface area contributed by atoms with E-state index in [1.54, 1.807) is 0 Å². The molecular formula is C9H10N2O2. The first-order chi connectivity index (χ1) is 6.25. The number of cyclic esters (lactones) is 1. The van der Waals surface area contributed by atoms with E-state index in [0.29, 0.717) is 6.61 Å². The highest BCUT2D eigenvalue weighted by molar-refractivity contribution is 5.69. The molecule has 1 saturated heterocycles. The van der Waals surface area contributed by atoms with E-state index in [2.05, 4.69) is 10.3 Å². The zero-order chi connectivity index (χ0) is 9.26. The summed E-state index contributed by atoms with van der Waals surface area (Å²) in [6, 6.07) is 5.63. The summed E-state index contributed by atoms with van der Waals surface area (Å²) in [5.41, 5.74) is 1.80. The van der Waals surface area contributed by atoms with Gasteiger partial charge in [0.15, 0.2) is 0 Å². The number of carbonyl (C=O) groups excluding carboxylic acids is 1. The molecule has 0 aromatic carbocycles. The molecule has 0 aliphatic carbocycles. The smallest absolute Gasteiger partial charge is 0.407 e. The maximum absolute atomic E-state index is 10.8. The molecule has 1 aliphatic rings. The first kappa shape index (κ1) is 8.04. The monoisotopic (exact) mass is 178 g/mol. The summed E-state index contributed by atoms with van der Waals surface area (Å²) in [5, 5.41) is 2.67. The Morgan fingerprint density at radius 2 is 2.46 bits per heavy atom. The Morgan fingerprint density at radius 1 is 1.62 bits per heavy atom. The number of carbonyl (C=O) groups is 1. The molecule has 1 aromatic rings. The van der Waals surface area contributed by atoms with Crippen LogP contribution in [0.4, 0.5) is 4.79 Å². The summed E-state index contributed by atoms with van der Waals surface area (Å²) in [4.78, 5) is 15.0. The molecule has 0 radical (unpaired) electrons. The van der Waals surface area contributed by atoms with Gasteiger partial charge in [-0.2, -0.15) is 0 Å². The molecule has 1 aliphatic heterocycles. The predicted molar refractivity (Wildman–Crippen MR) is 46.2 cm³/mol. The number of rotatable bonds is 1. The molecule has 1 amide bonds. The second-order valence-electron chi connectivity index (χ2n) is 3.00. The molecule has 2 heterocycles. The van der Waals surface area contributed by atoms with E-state index in [4.69, 9.17) is 4.74 Å². The molecule has 13 heavy (non-hydrogen) atoms. The zero-order valence-electron chi connectivity index (χ0n) is 7.28. The molecule has 0 bridgehead atoms. The van der Waals surface area contributed by atoms with Crippen molar-refractivity contribution in [1.29, 1.82) is 0 Å². The largest absolute Gasteiger partial charge is 0.447 e. The van der Waals surface area contributed by atoms with Gasteiger partial charge < -0.3 is 10.1 Å². The van der Waals surface area contributed by atoms with Crippen LogP contribution in [0.25, 0.3) is 0 Å². The second-order valence-corrected chi connectivity index (χ2v) is 3.00. The highest BCUT2D eigenvalue weighted by atomic mass is 16.6. The van der Waals surface area contributed by atoms with Gasteiger partial charge in [0.25, 0.3) is 0 Å². The van der Waals surface area contributed by atoms with Gasteiger partial charge in [-0.3, -0.25) is 4.98 Å². The molecule has 1 fully saturated rings. The van der Waals surface area contributed by atoms with Crippen LogP contribution in [0.15, 0.2) is 18.2 Å². The lowest BCUT2D eigenvalue weighted by atomic mass is 10.2. The number of ether oxygens (including phenoxy) is 1. The van der Waals surface area contributed by atoms with Crippen molar-refractivity contribution in [2.24, 2.45) is 0 Å². The van der Waals surface area contributed by atoms with Gasteiger partial charge in [0.1, 0.15) is 12.6 Å². The van der Waals surface area contributed by atoms with Gasteiger partial charge in [-0.25, -0.2) is 4.79 Å². The van der Waals surface area contributed by atoms with Gasteiger partial charge in [-0.15, -0.1) is 0 Å². The Kier molecular flexibility index (Phi) is 1.88. The summed E-state index contributed by atoms with van der Waals surface area (Å²) in [5.74, 6) is 0. The van der Waals surface area contributed by atoms with Crippen LogP contribution < -0.4 is 5.32 Å². The number of aromatic nitrogens is 1. The SMILES string of the molecule is Cc1cccc(C2COC(=O)N2)n1. The molecule has 1 atom stereocenters. The maximum Gasteiger partial charge on any atom is 0.407 e. The van der Waals surface area contributed by atoms with Crippen molar-refractivity contribution >= 4 is 6.09 Å². The van der Waals surface area contributed by atoms with Gasteiger partial charge in [-0.05, 0) is 19.1 Å². The van der Waals surface area contributed by atoms with E-state index < -0.39 is 0 Å². The van der Waals surface area contributed by atoms with Crippen LogP contribution in [-0.2, 0) is 4.74 Å². The first-order valence-electron chi connectivity index (χ1n) is 4.12. The van der Waals surface area contributed by atoms with Crippen LogP contribution in [0.1, 0.15) is 17.4 Å². The van der Waals surface area contributed by atoms with Crippen molar-refractivity contribution in [1.82, 2.24) is 10.3 Å². The Balaban J connectivity index is 2.21. The minimum Gasteiger partial charge on any atom is -0.447 e. The lowest BCUT2D eigenvalue weighted by Crippen LogP contribution is -2.19. The molecule has 4 nitrogen and oxygen atoms in total. The molecule has 1 unspecified atom stereocenters. The molecule has 0 saturated carbocycles. The lowest BCUT2D eigenvalue weighted by Gasteiger charge is -2.06. The number of alkyl carbamates (subject to hydrolysis) is 1. The molecular weight excluding hydrogens is 168 g/mol. The second kappa shape index (κ2) is 3.05. The zero-order valence-corrected chi connectivity index (χ0v) is 7.28. The van der Waals surface area contributed by atoms with E-state index in [1.807, 2.05) is 25.1 Å². The predicted octanol–water partition coefficient (Wildman–Crippen LogP) is 1.17. The van der Waals surface area contributed by atoms with Crippen LogP contribution >= 0.6 is 0 Å². The van der Waals surface area contributed by atoms with Gasteiger partial charge in [0.2, 0.25) is 0 Å². The van der Waals surface area contributed by atoms with Gasteiger partial charge >= 0.3 is 6.09 Å². The van der Waals surface area contributed by atoms with Crippen LogP contribution in [0.3, 0.4) is 0 Å². The fourth-order valence-corrected chi connectivity index (χ4v) is 1.30. The van der Waals surface area contributed by atoms with Crippen molar-refractivity contribution in [3.63, 3.8) is 0 Å². The van der Waals surface area contributed by atoms with Crippen molar-refractivity contribution in [2.75, 3.05) is 6.61 Å². The van der Waals surface area contributed by atoms with E-state index >= 15 is 0 Å². The third-order valence-electron chi connectivity index (χ3n) is 1.94. The third kappa shape index (κ3) is 1.61. The minimum absolute atomic E-state index is 0.0904. The van der Waals surface area contributed by atoms with E-state index in [0.717, 1.165) is 11.4 Å². The fraction of sp³-hybridized carbons (Fsp3) is 0.333. The summed E-state index contributed by atoms with van der Waals surface area (Å²) in [6.45, 7) is 2.29. The molecule has 1 aromatic heterocycles. The van der Waals surface area contributed by atoms with E-state index in [-0.39, 0.29) is 12.1 Å². The lowest BCUT2D eigenvalue weighted by molar-refractivity contribution is 0.177. The molecule has 4 heteroatoms. The standard InChI is InChI=1S/C9H10N2O2/c1-6-3-2-4-7(10-6)8-5-13-9(12)11-8/h2-4,8H,5H2,1H3,(H,11,12).